The second-order valence-corrected chi connectivity index (χ2v) is 8.09. The van der Waals surface area contributed by atoms with Crippen LogP contribution in [0.5, 0.6) is 0 Å². The van der Waals surface area contributed by atoms with E-state index in [4.69, 9.17) is 5.10 Å². The predicted molar refractivity (Wildman–Crippen MR) is 135 cm³/mol. The van der Waals surface area contributed by atoms with E-state index in [1.165, 1.54) is 12.1 Å². The fourth-order valence-corrected chi connectivity index (χ4v) is 4.12. The molecule has 0 amide bonds. The molecule has 0 atom stereocenters. The van der Waals surface area contributed by atoms with Gasteiger partial charge in [-0.05, 0) is 35.4 Å². The maximum Gasteiger partial charge on any atom is 0.416 e. The number of nitrogens with zero attached hydrogens (tertiary/aromatic N) is 2. The first kappa shape index (κ1) is 22.4. The van der Waals surface area contributed by atoms with Crippen LogP contribution in [-0.4, -0.2) is 9.78 Å². The lowest BCUT2D eigenvalue weighted by molar-refractivity contribution is -0.137. The van der Waals surface area contributed by atoms with E-state index in [1.54, 1.807) is 10.8 Å². The molecule has 2 nitrogen and oxygen atoms in total. The Bertz CT molecular complexity index is 1450. The van der Waals surface area contributed by atoms with Crippen LogP contribution in [-0.2, 0) is 6.18 Å². The summed E-state index contributed by atoms with van der Waals surface area (Å²) < 4.78 is 41.4. The standard InChI is InChI=1S/C30H21F3N2/c1-2-21-13-15-22(16-14-21)27-28(23-9-5-3-6-10-23)34-35(29(27)24-11-7-4-8-12-24)26-19-17-25(18-20-26)30(31,32)33/h2-20H,1H2. The lowest BCUT2D eigenvalue weighted by Gasteiger charge is -2.12. The van der Waals surface area contributed by atoms with Crippen molar-refractivity contribution in [1.82, 2.24) is 9.78 Å². The molecule has 0 spiro atoms. The van der Waals surface area contributed by atoms with Crippen LogP contribution in [0.1, 0.15) is 11.1 Å². The largest absolute Gasteiger partial charge is 0.416 e. The van der Waals surface area contributed by atoms with E-state index in [-0.39, 0.29) is 0 Å². The second-order valence-electron chi connectivity index (χ2n) is 8.09. The molecule has 0 unspecified atom stereocenters. The molecule has 35 heavy (non-hydrogen) atoms. The molecule has 4 aromatic carbocycles. The highest BCUT2D eigenvalue weighted by atomic mass is 19.4. The van der Waals surface area contributed by atoms with Crippen molar-refractivity contribution in [2.45, 2.75) is 6.18 Å². The Hall–Kier alpha value is -4.38. The first-order chi connectivity index (χ1) is 17.0. The van der Waals surface area contributed by atoms with Crippen molar-refractivity contribution in [1.29, 1.82) is 0 Å². The summed E-state index contributed by atoms with van der Waals surface area (Å²) in [7, 11) is 0. The van der Waals surface area contributed by atoms with Gasteiger partial charge in [-0.2, -0.15) is 18.3 Å². The molecule has 172 valence electrons. The Kier molecular flexibility index (Phi) is 5.83. The maximum atomic E-state index is 13.2. The van der Waals surface area contributed by atoms with E-state index in [0.717, 1.165) is 51.3 Å². The normalized spacial score (nSPS) is 11.4. The molecule has 1 heterocycles. The molecule has 0 fully saturated rings. The van der Waals surface area contributed by atoms with E-state index in [1.807, 2.05) is 84.9 Å². The topological polar surface area (TPSA) is 17.8 Å². The zero-order chi connectivity index (χ0) is 24.4. The van der Waals surface area contributed by atoms with Crippen LogP contribution in [0, 0.1) is 0 Å². The number of halogens is 3. The van der Waals surface area contributed by atoms with Gasteiger partial charge in [0.15, 0.2) is 0 Å². The average molecular weight is 467 g/mol. The van der Waals surface area contributed by atoms with Crippen molar-refractivity contribution in [3.63, 3.8) is 0 Å². The summed E-state index contributed by atoms with van der Waals surface area (Å²) in [5.41, 5.74) is 6.06. The van der Waals surface area contributed by atoms with Gasteiger partial charge in [0.05, 0.1) is 16.9 Å². The zero-order valence-corrected chi connectivity index (χ0v) is 18.7. The van der Waals surface area contributed by atoms with Crippen molar-refractivity contribution < 1.29 is 13.2 Å². The molecule has 1 aromatic heterocycles. The Labute approximate surface area is 201 Å². The van der Waals surface area contributed by atoms with Gasteiger partial charge in [0.1, 0.15) is 5.69 Å². The predicted octanol–water partition coefficient (Wildman–Crippen LogP) is 8.54. The minimum absolute atomic E-state index is 0.544. The summed E-state index contributed by atoms with van der Waals surface area (Å²) in [5.74, 6) is 0. The molecule has 0 saturated carbocycles. The van der Waals surface area contributed by atoms with Gasteiger partial charge in [-0.3, -0.25) is 0 Å². The first-order valence-corrected chi connectivity index (χ1v) is 11.1. The lowest BCUT2D eigenvalue weighted by atomic mass is 9.95. The SMILES string of the molecule is C=Cc1ccc(-c2c(-c3ccccc3)nn(-c3ccc(C(F)(F)F)cc3)c2-c2ccccc2)cc1. The van der Waals surface area contributed by atoms with E-state index >= 15 is 0 Å². The number of alkyl halides is 3. The monoisotopic (exact) mass is 466 g/mol. The molecule has 0 aliphatic heterocycles. The minimum Gasteiger partial charge on any atom is -0.232 e. The molecule has 0 N–H and O–H groups in total. The van der Waals surface area contributed by atoms with Gasteiger partial charge in [0.25, 0.3) is 0 Å². The zero-order valence-electron chi connectivity index (χ0n) is 18.7. The fraction of sp³-hybridized carbons (Fsp3) is 0.0333. The summed E-state index contributed by atoms with van der Waals surface area (Å²) >= 11 is 0. The van der Waals surface area contributed by atoms with Crippen molar-refractivity contribution in [2.75, 3.05) is 0 Å². The van der Waals surface area contributed by atoms with Gasteiger partial charge in [-0.25, -0.2) is 4.68 Å². The van der Waals surface area contributed by atoms with E-state index in [2.05, 4.69) is 6.58 Å². The third-order valence-electron chi connectivity index (χ3n) is 5.85. The van der Waals surface area contributed by atoms with Crippen LogP contribution in [0.2, 0.25) is 0 Å². The molecule has 5 heteroatoms. The molecule has 0 aliphatic carbocycles. The molecule has 0 aliphatic rings. The third-order valence-corrected chi connectivity index (χ3v) is 5.85. The summed E-state index contributed by atoms with van der Waals surface area (Å²) in [6, 6.07) is 32.7. The van der Waals surface area contributed by atoms with Gasteiger partial charge in [0.2, 0.25) is 0 Å². The number of hydrogen-bond donors (Lipinski definition) is 0. The summed E-state index contributed by atoms with van der Waals surface area (Å²) in [5, 5.41) is 4.95. The molecular weight excluding hydrogens is 445 g/mol. The Morgan fingerprint density at radius 2 is 1.23 bits per heavy atom. The molecule has 0 radical (unpaired) electrons. The van der Waals surface area contributed by atoms with Crippen molar-refractivity contribution in [3.05, 3.63) is 127 Å². The van der Waals surface area contributed by atoms with E-state index < -0.39 is 11.7 Å². The second kappa shape index (κ2) is 9.11. The van der Waals surface area contributed by atoms with Crippen LogP contribution >= 0.6 is 0 Å². The molecule has 0 bridgehead atoms. The number of hydrogen-bond acceptors (Lipinski definition) is 1. The van der Waals surface area contributed by atoms with Gasteiger partial charge in [-0.1, -0.05) is 97.6 Å². The minimum atomic E-state index is -4.40. The third kappa shape index (κ3) is 4.41. The highest BCUT2D eigenvalue weighted by molar-refractivity contribution is 5.92. The maximum absolute atomic E-state index is 13.2. The Morgan fingerprint density at radius 3 is 1.77 bits per heavy atom. The van der Waals surface area contributed by atoms with Gasteiger partial charge in [-0.15, -0.1) is 0 Å². The highest BCUT2D eigenvalue weighted by Gasteiger charge is 2.30. The van der Waals surface area contributed by atoms with Crippen LogP contribution in [0.15, 0.2) is 116 Å². The number of rotatable bonds is 5. The van der Waals surface area contributed by atoms with Crippen molar-refractivity contribution in [3.8, 4) is 39.3 Å². The fourth-order valence-electron chi connectivity index (χ4n) is 4.12. The smallest absolute Gasteiger partial charge is 0.232 e. The van der Waals surface area contributed by atoms with Crippen LogP contribution in [0.4, 0.5) is 13.2 Å². The van der Waals surface area contributed by atoms with E-state index in [9.17, 15) is 13.2 Å². The summed E-state index contributed by atoms with van der Waals surface area (Å²) in [6.07, 6.45) is -2.62. The average Bonchev–Trinajstić information content (AvgIpc) is 3.30. The van der Waals surface area contributed by atoms with Crippen LogP contribution in [0.3, 0.4) is 0 Å². The van der Waals surface area contributed by atoms with Crippen LogP contribution in [0.25, 0.3) is 45.4 Å². The Morgan fingerprint density at radius 1 is 0.657 bits per heavy atom. The quantitative estimate of drug-likeness (QED) is 0.254. The highest BCUT2D eigenvalue weighted by Crippen LogP contribution is 2.41. The molecular formula is C30H21F3N2. The summed E-state index contributed by atoms with van der Waals surface area (Å²) in [4.78, 5) is 0. The Balaban J connectivity index is 1.81. The molecule has 5 rings (SSSR count). The number of aromatic nitrogens is 2. The van der Waals surface area contributed by atoms with Gasteiger partial charge >= 0.3 is 6.18 Å². The van der Waals surface area contributed by atoms with Gasteiger partial charge in [0, 0.05) is 16.7 Å². The van der Waals surface area contributed by atoms with Gasteiger partial charge < -0.3 is 0 Å². The van der Waals surface area contributed by atoms with Crippen molar-refractivity contribution >= 4 is 6.08 Å². The van der Waals surface area contributed by atoms with Crippen molar-refractivity contribution in [2.24, 2.45) is 0 Å². The molecule has 0 saturated heterocycles. The van der Waals surface area contributed by atoms with Crippen LogP contribution < -0.4 is 0 Å². The first-order valence-electron chi connectivity index (χ1n) is 11.1. The summed E-state index contributed by atoms with van der Waals surface area (Å²) in [6.45, 7) is 3.84. The van der Waals surface area contributed by atoms with E-state index in [0.29, 0.717) is 5.69 Å². The molecule has 5 aromatic rings. The number of benzene rings is 4. The lowest BCUT2D eigenvalue weighted by Crippen LogP contribution is -2.06.